The van der Waals surface area contributed by atoms with Crippen molar-refractivity contribution in [1.82, 2.24) is 14.6 Å². The largest absolute Gasteiger partial charge is 0.478 e. The molecule has 9 nitrogen and oxygen atoms in total. The van der Waals surface area contributed by atoms with E-state index in [1.54, 1.807) is 75.7 Å². The smallest absolute Gasteiger partial charge is 0.353 e. The average Bonchev–Trinajstić information content (AvgIpc) is 3.53. The Morgan fingerprint density at radius 2 is 1.35 bits per heavy atom. The van der Waals surface area contributed by atoms with Gasteiger partial charge in [0.15, 0.2) is 5.69 Å². The monoisotopic (exact) mass is 502 g/mol. The van der Waals surface area contributed by atoms with Crippen LogP contribution in [0.3, 0.4) is 0 Å². The van der Waals surface area contributed by atoms with E-state index in [-0.39, 0.29) is 16.7 Å². The Morgan fingerprint density at radius 3 is 1.92 bits per heavy atom. The lowest BCUT2D eigenvalue weighted by atomic mass is 10.0. The summed E-state index contributed by atoms with van der Waals surface area (Å²) in [4.78, 5) is 42.2. The third kappa shape index (κ3) is 6.68. The summed E-state index contributed by atoms with van der Waals surface area (Å²) in [5.41, 5.74) is 4.72. The summed E-state index contributed by atoms with van der Waals surface area (Å²) in [6, 6.07) is 5.23. The van der Waals surface area contributed by atoms with Gasteiger partial charge >= 0.3 is 29.8 Å². The van der Waals surface area contributed by atoms with Crippen molar-refractivity contribution in [1.29, 1.82) is 0 Å². The van der Waals surface area contributed by atoms with Crippen LogP contribution in [0.15, 0.2) is 58.8 Å². The van der Waals surface area contributed by atoms with Gasteiger partial charge in [0.1, 0.15) is 0 Å². The highest BCUT2D eigenvalue weighted by molar-refractivity contribution is 6.15. The van der Waals surface area contributed by atoms with Crippen LogP contribution in [0.5, 0.6) is 0 Å². The third-order valence-corrected chi connectivity index (χ3v) is 5.74. The molecule has 1 aliphatic rings. The number of H-pyrrole nitrogens is 1. The van der Waals surface area contributed by atoms with Crippen LogP contribution in [0, 0.1) is 0 Å². The molecule has 9 heteroatoms. The molecule has 2 aromatic rings. The molecule has 0 atom stereocenters. The number of nitrogens with zero attached hydrogens (tertiary/aromatic N) is 2. The summed E-state index contributed by atoms with van der Waals surface area (Å²) in [6.07, 6.45) is 10.7. The lowest BCUT2D eigenvalue weighted by Crippen LogP contribution is -2.04. The summed E-state index contributed by atoms with van der Waals surface area (Å²) in [5, 5.41) is 28.1. The van der Waals surface area contributed by atoms with Crippen molar-refractivity contribution in [3.05, 3.63) is 75.7 Å². The maximum atomic E-state index is 11.6. The first-order valence-corrected chi connectivity index (χ1v) is 11.8. The van der Waals surface area contributed by atoms with Gasteiger partial charge in [-0.3, -0.25) is 0 Å². The fraction of sp³-hybridized carbons (Fsp3) is 0.214. The van der Waals surface area contributed by atoms with Gasteiger partial charge in [-0.2, -0.15) is 0 Å². The molecule has 0 unspecified atom stereocenters. The van der Waals surface area contributed by atoms with E-state index in [1.165, 1.54) is 0 Å². The average molecular weight is 503 g/mol. The van der Waals surface area contributed by atoms with E-state index < -0.39 is 17.9 Å². The maximum absolute atomic E-state index is 11.6. The van der Waals surface area contributed by atoms with Crippen molar-refractivity contribution in [2.45, 2.75) is 40.0 Å². The van der Waals surface area contributed by atoms with Crippen molar-refractivity contribution < 1.29 is 29.7 Å². The van der Waals surface area contributed by atoms with Crippen molar-refractivity contribution in [2.24, 2.45) is 0 Å². The number of aromatic amines is 1. The first-order valence-electron chi connectivity index (χ1n) is 11.8. The Labute approximate surface area is 213 Å². The second kappa shape index (κ2) is 11.8. The Kier molecular flexibility index (Phi) is 8.55. The van der Waals surface area contributed by atoms with E-state index in [9.17, 15) is 29.7 Å². The second-order valence-electron chi connectivity index (χ2n) is 8.29. The standard InChI is InChI=1S/C28H27N3O6/c1-4-19(26(32)33)7-16-10-24(22-12-17(14-29-22)8-20(5-2)27(34)35)31-25(11-16)23-13-18(15-30-23)9-21(6-3)28(36)37/h7-15H,4-6H2,1-3H3,(H3-,29,30,31,32,33,34,35,36,37)/p+1. The zero-order valence-electron chi connectivity index (χ0n) is 20.8. The van der Waals surface area contributed by atoms with Gasteiger partial charge in [0.2, 0.25) is 0 Å². The number of hydrogen-bond donors (Lipinski definition) is 4. The Balaban J connectivity index is 2.10. The number of pyridine rings is 1. The molecule has 0 saturated carbocycles. The van der Waals surface area contributed by atoms with Gasteiger partial charge in [-0.05, 0) is 66.8 Å². The zero-order valence-corrected chi connectivity index (χ0v) is 20.8. The van der Waals surface area contributed by atoms with Gasteiger partial charge in [0.05, 0.1) is 17.0 Å². The van der Waals surface area contributed by atoms with E-state index in [2.05, 4.69) is 9.65 Å². The Hall–Kier alpha value is -4.75. The van der Waals surface area contributed by atoms with Crippen LogP contribution in [0.4, 0.5) is 0 Å². The number of allylic oxidation sites excluding steroid dienone is 3. The molecule has 0 aliphatic carbocycles. The van der Waals surface area contributed by atoms with Crippen LogP contribution in [-0.4, -0.2) is 55.1 Å². The van der Waals surface area contributed by atoms with Crippen LogP contribution in [0.25, 0.3) is 23.5 Å². The van der Waals surface area contributed by atoms with E-state index in [0.717, 1.165) is 0 Å². The maximum Gasteiger partial charge on any atom is 0.353 e. The molecule has 0 bridgehead atoms. The minimum atomic E-state index is -1.02. The minimum Gasteiger partial charge on any atom is -0.478 e. The van der Waals surface area contributed by atoms with Gasteiger partial charge in [0, 0.05) is 29.0 Å². The number of hydrogen-bond acceptors (Lipinski definition) is 4. The molecule has 3 heterocycles. The third-order valence-electron chi connectivity index (χ3n) is 5.74. The number of carboxylic acids is 3. The topological polar surface area (TPSA) is 155 Å². The molecule has 0 saturated heterocycles. The molecule has 190 valence electrons. The van der Waals surface area contributed by atoms with Crippen molar-refractivity contribution >= 4 is 42.0 Å². The number of nitrogens with one attached hydrogen (secondary N) is 1. The number of aliphatic carboxylic acids is 3. The molecule has 0 aromatic carbocycles. The molecule has 0 radical (unpaired) electrons. The first kappa shape index (κ1) is 26.8. The molecule has 0 fully saturated rings. The van der Waals surface area contributed by atoms with Crippen LogP contribution < -0.4 is 4.67 Å². The fourth-order valence-electron chi connectivity index (χ4n) is 3.69. The van der Waals surface area contributed by atoms with Crippen LogP contribution >= 0.6 is 0 Å². The molecule has 4 N–H and O–H groups in total. The van der Waals surface area contributed by atoms with E-state index >= 15 is 0 Å². The van der Waals surface area contributed by atoms with E-state index in [4.69, 9.17) is 4.98 Å². The summed E-state index contributed by atoms with van der Waals surface area (Å²) in [5.74, 6) is -3.00. The van der Waals surface area contributed by atoms with Crippen molar-refractivity contribution in [3.8, 4) is 11.4 Å². The minimum absolute atomic E-state index is 0.223. The van der Waals surface area contributed by atoms with Crippen molar-refractivity contribution in [3.63, 3.8) is 0 Å². The van der Waals surface area contributed by atoms with E-state index in [1.807, 2.05) is 0 Å². The number of carboxylic acid groups (broad SMARTS) is 3. The number of rotatable bonds is 11. The Bertz CT molecular complexity index is 1450. The fourth-order valence-corrected chi connectivity index (χ4v) is 3.69. The highest BCUT2D eigenvalue weighted by Gasteiger charge is 2.22. The summed E-state index contributed by atoms with van der Waals surface area (Å²) in [6.45, 7) is 5.28. The SMILES string of the molecule is CCC(=CC1=CC(c2cc(C=C(CC)C(=O)O)cc(-c3cc(C=C(CC)C(=O)O)c[nH]3)n2)=[N+]=C1)C(=O)O. The van der Waals surface area contributed by atoms with Crippen LogP contribution in [-0.2, 0) is 14.4 Å². The lowest BCUT2D eigenvalue weighted by Gasteiger charge is -2.04. The molecule has 2 aromatic heterocycles. The molecular weight excluding hydrogens is 474 g/mol. The second-order valence-corrected chi connectivity index (χ2v) is 8.29. The highest BCUT2D eigenvalue weighted by Crippen LogP contribution is 2.24. The predicted octanol–water partition coefficient (Wildman–Crippen LogP) is 4.12. The van der Waals surface area contributed by atoms with E-state index in [0.29, 0.717) is 58.8 Å². The van der Waals surface area contributed by atoms with Gasteiger partial charge in [-0.1, -0.05) is 25.4 Å². The normalized spacial score (nSPS) is 14.0. The summed E-state index contributed by atoms with van der Waals surface area (Å²) < 4.78 is 4.40. The van der Waals surface area contributed by atoms with Crippen LogP contribution in [0.2, 0.25) is 0 Å². The summed E-state index contributed by atoms with van der Waals surface area (Å²) in [7, 11) is 0. The van der Waals surface area contributed by atoms with Gasteiger partial charge in [-0.25, -0.2) is 19.4 Å². The lowest BCUT2D eigenvalue weighted by molar-refractivity contribution is -0.133. The van der Waals surface area contributed by atoms with Gasteiger partial charge < -0.3 is 20.3 Å². The zero-order chi connectivity index (χ0) is 27.1. The quantitative estimate of drug-likeness (QED) is 0.266. The molecule has 37 heavy (non-hydrogen) atoms. The van der Waals surface area contributed by atoms with Crippen molar-refractivity contribution in [2.75, 3.05) is 0 Å². The Morgan fingerprint density at radius 1 is 0.811 bits per heavy atom. The number of aromatic nitrogens is 2. The first-order chi connectivity index (χ1) is 17.6. The molecule has 0 spiro atoms. The molecule has 3 rings (SSSR count). The van der Waals surface area contributed by atoms with Crippen LogP contribution in [0.1, 0.15) is 56.9 Å². The molecule has 0 amide bonds. The highest BCUT2D eigenvalue weighted by atomic mass is 16.4. The molecular formula is C28H28N3O6+. The molecule has 1 aliphatic heterocycles. The predicted molar refractivity (Wildman–Crippen MR) is 142 cm³/mol. The van der Waals surface area contributed by atoms with Gasteiger partial charge in [-0.15, -0.1) is 0 Å². The summed E-state index contributed by atoms with van der Waals surface area (Å²) >= 11 is 0. The number of carbonyl (C=O) groups is 3. The van der Waals surface area contributed by atoms with Gasteiger partial charge in [0.25, 0.3) is 0 Å².